The molecule has 0 aliphatic carbocycles. The van der Waals surface area contributed by atoms with Crippen molar-refractivity contribution in [3.63, 3.8) is 0 Å². The van der Waals surface area contributed by atoms with Crippen LogP contribution in [-0.4, -0.2) is 41.0 Å². The number of carbonyl (C=O) groups excluding carboxylic acids is 2. The van der Waals surface area contributed by atoms with Crippen molar-refractivity contribution in [1.82, 2.24) is 9.88 Å². The summed E-state index contributed by atoms with van der Waals surface area (Å²) in [5.74, 6) is 0.337. The van der Waals surface area contributed by atoms with E-state index in [9.17, 15) is 9.59 Å². The maximum Gasteiger partial charge on any atom is 0.410 e. The van der Waals surface area contributed by atoms with Crippen LogP contribution in [-0.2, 0) is 4.74 Å². The van der Waals surface area contributed by atoms with Gasteiger partial charge in [-0.2, -0.15) is 0 Å². The summed E-state index contributed by atoms with van der Waals surface area (Å²) in [5, 5.41) is 0. The van der Waals surface area contributed by atoms with Gasteiger partial charge in [0.2, 0.25) is 0 Å². The van der Waals surface area contributed by atoms with Crippen LogP contribution in [0.25, 0.3) is 0 Å². The van der Waals surface area contributed by atoms with E-state index in [0.29, 0.717) is 24.6 Å². The highest BCUT2D eigenvalue weighted by Gasteiger charge is 2.27. The zero-order valence-electron chi connectivity index (χ0n) is 12.8. The molecule has 21 heavy (non-hydrogen) atoms. The lowest BCUT2D eigenvalue weighted by Crippen LogP contribution is -2.41. The molecule has 1 aliphatic heterocycles. The third kappa shape index (κ3) is 4.28. The van der Waals surface area contributed by atoms with Crippen molar-refractivity contribution < 1.29 is 14.3 Å². The Morgan fingerprint density at radius 2 is 2.00 bits per heavy atom. The summed E-state index contributed by atoms with van der Waals surface area (Å²) in [6, 6.07) is 3.69. The predicted octanol–water partition coefficient (Wildman–Crippen LogP) is 3.01. The van der Waals surface area contributed by atoms with Crippen LogP contribution in [0.4, 0.5) is 4.79 Å². The lowest BCUT2D eigenvalue weighted by atomic mass is 9.93. The number of piperidine rings is 1. The van der Waals surface area contributed by atoms with Crippen LogP contribution in [0, 0.1) is 0 Å². The normalized spacial score (nSPS) is 16.6. The number of carbonyl (C=O) groups is 2. The van der Waals surface area contributed by atoms with E-state index in [4.69, 9.17) is 4.74 Å². The van der Waals surface area contributed by atoms with E-state index in [0.717, 1.165) is 24.8 Å². The molecular formula is C16H22N2O3. The zero-order valence-corrected chi connectivity index (χ0v) is 12.8. The quantitative estimate of drug-likeness (QED) is 0.786. The number of hydrogen-bond acceptors (Lipinski definition) is 4. The molecule has 0 radical (unpaired) electrons. The molecule has 0 aromatic carbocycles. The Morgan fingerprint density at radius 3 is 2.48 bits per heavy atom. The molecule has 2 heterocycles. The van der Waals surface area contributed by atoms with Gasteiger partial charge >= 0.3 is 6.09 Å². The average molecular weight is 290 g/mol. The highest BCUT2D eigenvalue weighted by atomic mass is 16.6. The van der Waals surface area contributed by atoms with E-state index in [2.05, 4.69) is 4.98 Å². The number of rotatable bonds is 2. The Morgan fingerprint density at radius 1 is 1.33 bits per heavy atom. The van der Waals surface area contributed by atoms with Gasteiger partial charge in [0.25, 0.3) is 0 Å². The summed E-state index contributed by atoms with van der Waals surface area (Å²) in [5.41, 5.74) is 1.12. The Balaban J connectivity index is 1.90. The van der Waals surface area contributed by atoms with Gasteiger partial charge in [-0.05, 0) is 45.7 Å². The van der Waals surface area contributed by atoms with Crippen molar-refractivity contribution in [2.45, 2.75) is 45.1 Å². The van der Waals surface area contributed by atoms with E-state index in [-0.39, 0.29) is 6.09 Å². The fourth-order valence-corrected chi connectivity index (χ4v) is 2.41. The maximum absolute atomic E-state index is 12.0. The number of pyridine rings is 1. The number of nitrogens with zero attached hydrogens (tertiary/aromatic N) is 2. The second kappa shape index (κ2) is 6.24. The minimum atomic E-state index is -0.458. The van der Waals surface area contributed by atoms with E-state index in [1.807, 2.05) is 26.8 Å². The molecule has 0 saturated carbocycles. The van der Waals surface area contributed by atoms with Crippen LogP contribution in [0.3, 0.4) is 0 Å². The van der Waals surface area contributed by atoms with Gasteiger partial charge in [0.15, 0.2) is 6.29 Å². The highest BCUT2D eigenvalue weighted by Crippen LogP contribution is 2.27. The zero-order chi connectivity index (χ0) is 15.5. The summed E-state index contributed by atoms with van der Waals surface area (Å²) in [6.45, 7) is 6.97. The number of likely N-dealkylation sites (tertiary alicyclic amines) is 1. The summed E-state index contributed by atoms with van der Waals surface area (Å²) >= 11 is 0. The van der Waals surface area contributed by atoms with Gasteiger partial charge < -0.3 is 9.64 Å². The minimum absolute atomic E-state index is 0.245. The molecule has 1 aliphatic rings. The molecular weight excluding hydrogens is 268 g/mol. The van der Waals surface area contributed by atoms with Crippen LogP contribution in [0.5, 0.6) is 0 Å². The first-order valence-corrected chi connectivity index (χ1v) is 7.28. The van der Waals surface area contributed by atoms with Gasteiger partial charge in [0, 0.05) is 36.5 Å². The first-order chi connectivity index (χ1) is 9.89. The first-order valence-electron chi connectivity index (χ1n) is 7.28. The fourth-order valence-electron chi connectivity index (χ4n) is 2.41. The van der Waals surface area contributed by atoms with Gasteiger partial charge in [0.1, 0.15) is 5.60 Å². The van der Waals surface area contributed by atoms with Gasteiger partial charge in [-0.25, -0.2) is 4.79 Å². The molecule has 1 amide bonds. The summed E-state index contributed by atoms with van der Waals surface area (Å²) < 4.78 is 5.38. The monoisotopic (exact) mass is 290 g/mol. The Bertz CT molecular complexity index is 497. The minimum Gasteiger partial charge on any atom is -0.444 e. The van der Waals surface area contributed by atoms with Crippen LogP contribution in [0.1, 0.15) is 55.6 Å². The van der Waals surface area contributed by atoms with Crippen molar-refractivity contribution in [1.29, 1.82) is 0 Å². The second-order valence-electron chi connectivity index (χ2n) is 6.38. The van der Waals surface area contributed by atoms with E-state index in [1.54, 1.807) is 17.2 Å². The molecule has 0 spiro atoms. The summed E-state index contributed by atoms with van der Waals surface area (Å²) in [4.78, 5) is 28.7. The molecule has 1 saturated heterocycles. The number of aldehydes is 1. The Kier molecular flexibility index (Phi) is 4.60. The topological polar surface area (TPSA) is 59.5 Å². The molecule has 114 valence electrons. The second-order valence-corrected chi connectivity index (χ2v) is 6.38. The number of ether oxygens (including phenoxy) is 1. The van der Waals surface area contributed by atoms with Crippen molar-refractivity contribution in [3.05, 3.63) is 29.6 Å². The third-order valence-electron chi connectivity index (χ3n) is 3.51. The molecule has 5 nitrogen and oxygen atoms in total. The highest BCUT2D eigenvalue weighted by molar-refractivity contribution is 5.73. The number of aromatic nitrogens is 1. The number of hydrogen-bond donors (Lipinski definition) is 0. The number of amides is 1. The molecule has 5 heteroatoms. The van der Waals surface area contributed by atoms with E-state index < -0.39 is 5.60 Å². The van der Waals surface area contributed by atoms with Crippen molar-refractivity contribution >= 4 is 12.4 Å². The Labute approximate surface area is 125 Å². The molecule has 0 unspecified atom stereocenters. The van der Waals surface area contributed by atoms with Gasteiger partial charge in [-0.1, -0.05) is 0 Å². The first kappa shape index (κ1) is 15.5. The smallest absolute Gasteiger partial charge is 0.410 e. The summed E-state index contributed by atoms with van der Waals surface area (Å²) in [6.07, 6.45) is 3.88. The molecule has 1 fully saturated rings. The molecule has 1 aromatic heterocycles. The molecule has 0 N–H and O–H groups in total. The third-order valence-corrected chi connectivity index (χ3v) is 3.51. The van der Waals surface area contributed by atoms with E-state index >= 15 is 0 Å². The van der Waals surface area contributed by atoms with Crippen molar-refractivity contribution in [2.24, 2.45) is 0 Å². The lowest BCUT2D eigenvalue weighted by Gasteiger charge is -2.33. The average Bonchev–Trinajstić information content (AvgIpc) is 2.46. The van der Waals surface area contributed by atoms with Crippen LogP contribution in [0.2, 0.25) is 0 Å². The molecule has 1 aromatic rings. The largest absolute Gasteiger partial charge is 0.444 e. The Hall–Kier alpha value is -1.91. The van der Waals surface area contributed by atoms with Crippen molar-refractivity contribution in [3.8, 4) is 0 Å². The predicted molar refractivity (Wildman–Crippen MR) is 79.4 cm³/mol. The van der Waals surface area contributed by atoms with Gasteiger partial charge in [-0.3, -0.25) is 9.78 Å². The van der Waals surface area contributed by atoms with Crippen molar-refractivity contribution in [2.75, 3.05) is 13.1 Å². The SMILES string of the molecule is CC(C)(C)OC(=O)N1CCC(c2ccc(C=O)cn2)CC1. The van der Waals surface area contributed by atoms with Crippen LogP contribution >= 0.6 is 0 Å². The summed E-state index contributed by atoms with van der Waals surface area (Å²) in [7, 11) is 0. The fraction of sp³-hybridized carbons (Fsp3) is 0.562. The van der Waals surface area contributed by atoms with Crippen LogP contribution < -0.4 is 0 Å². The van der Waals surface area contributed by atoms with E-state index in [1.165, 1.54) is 0 Å². The molecule has 0 bridgehead atoms. The van der Waals surface area contributed by atoms with Gasteiger partial charge in [0.05, 0.1) is 0 Å². The van der Waals surface area contributed by atoms with Crippen LogP contribution in [0.15, 0.2) is 18.3 Å². The maximum atomic E-state index is 12.0. The molecule has 0 atom stereocenters. The van der Waals surface area contributed by atoms with Gasteiger partial charge in [-0.15, -0.1) is 0 Å². The standard InChI is InChI=1S/C16H22N2O3/c1-16(2,3)21-15(20)18-8-6-13(7-9-18)14-5-4-12(11-19)10-17-14/h4-5,10-11,13H,6-9H2,1-3H3. The lowest BCUT2D eigenvalue weighted by molar-refractivity contribution is 0.0204. The molecule has 2 rings (SSSR count).